The predicted octanol–water partition coefficient (Wildman–Crippen LogP) is 7.98. The first-order chi connectivity index (χ1) is 28.7. The van der Waals surface area contributed by atoms with E-state index in [1.165, 1.54) is 38.4 Å². The number of esters is 2. The van der Waals surface area contributed by atoms with E-state index in [-0.39, 0.29) is 53.9 Å². The molecule has 0 unspecified atom stereocenters. The monoisotopic (exact) mass is 838 g/mol. The number of carbonyl (C=O) groups is 4. The number of ether oxygens (including phenoxy) is 2. The Hall–Kier alpha value is -4.35. The number of methoxy groups -OCH3 is 1. The van der Waals surface area contributed by atoms with Crippen LogP contribution >= 0.6 is 0 Å². The third kappa shape index (κ3) is 9.98. The van der Waals surface area contributed by atoms with Crippen LogP contribution in [0.2, 0.25) is 0 Å². The first-order valence-electron chi connectivity index (χ1n) is 22.0. The van der Waals surface area contributed by atoms with E-state index in [4.69, 9.17) is 29.7 Å². The summed E-state index contributed by atoms with van der Waals surface area (Å²) < 4.78 is 11.0. The van der Waals surface area contributed by atoms with E-state index >= 15 is 0 Å². The van der Waals surface area contributed by atoms with Crippen LogP contribution < -0.4 is 25.7 Å². The van der Waals surface area contributed by atoms with Crippen molar-refractivity contribution < 1.29 is 28.7 Å². The maximum Gasteiger partial charge on any atom is 2.00 e. The first-order valence-corrected chi connectivity index (χ1v) is 22.0. The van der Waals surface area contributed by atoms with Gasteiger partial charge in [-0.2, -0.15) is 11.4 Å². The smallest absolute Gasteiger partial charge is 0.664 e. The summed E-state index contributed by atoms with van der Waals surface area (Å²) >= 11 is 0. The minimum atomic E-state index is -1.25. The second-order valence-electron chi connectivity index (χ2n) is 17.5. The van der Waals surface area contributed by atoms with Crippen LogP contribution in [-0.4, -0.2) is 60.8 Å². The van der Waals surface area contributed by atoms with Gasteiger partial charge in [0.25, 0.3) is 0 Å². The summed E-state index contributed by atoms with van der Waals surface area (Å²) in [6, 6.07) is 0. The second kappa shape index (κ2) is 20.7. The van der Waals surface area contributed by atoms with Crippen molar-refractivity contribution >= 4 is 70.9 Å². The molecule has 10 nitrogen and oxygen atoms in total. The Labute approximate surface area is 377 Å². The number of nitrogens with zero attached hydrogens (tertiary/aromatic N) is 4. The molecule has 61 heavy (non-hydrogen) atoms. The molecule has 3 aliphatic rings. The van der Waals surface area contributed by atoms with Crippen LogP contribution in [0.5, 0.6) is 0 Å². The molecule has 0 N–H and O–H groups in total. The Morgan fingerprint density at radius 2 is 1.56 bits per heavy atom. The van der Waals surface area contributed by atoms with Crippen LogP contribution in [0.4, 0.5) is 0 Å². The summed E-state index contributed by atoms with van der Waals surface area (Å²) in [6.07, 6.45) is 17.4. The van der Waals surface area contributed by atoms with E-state index in [0.29, 0.717) is 75.2 Å². The van der Waals surface area contributed by atoms with Gasteiger partial charge in [0.2, 0.25) is 0 Å². The molecule has 11 heteroatoms. The summed E-state index contributed by atoms with van der Waals surface area (Å²) in [5.41, 5.74) is 9.57. The van der Waals surface area contributed by atoms with Gasteiger partial charge in [-0.1, -0.05) is 119 Å². The Morgan fingerprint density at radius 1 is 0.869 bits per heavy atom. The molecule has 0 radical (unpaired) electrons. The summed E-state index contributed by atoms with van der Waals surface area (Å²) in [5.74, 6) is -1.73. The maximum atomic E-state index is 14.3. The SMILES string of the molecule is CCc1c2[n-]c(c1C)/C=C1\[N-]/C(=C3\c4[n-]c(c(C)c4C(=O)[C@@H]3C(=O)OC)/C=c3\[n-]/c(c(C=O)c3CC)=C\2)[C@@H](CCC(=O)OC/C=C(\C)CCC[C@@H](C)CCCC(C)C)[C@@H]1C.[Mg+2]. The maximum absolute atomic E-state index is 14.3. The van der Waals surface area contributed by atoms with E-state index in [1.807, 2.05) is 45.1 Å². The number of hydrogen-bond acceptors (Lipinski definition) is 6. The Balaban J connectivity index is 0.00000704. The van der Waals surface area contributed by atoms with Gasteiger partial charge >= 0.3 is 35.0 Å². The molecule has 6 rings (SSSR count). The van der Waals surface area contributed by atoms with E-state index in [0.717, 1.165) is 58.8 Å². The third-order valence-corrected chi connectivity index (χ3v) is 12.9. The van der Waals surface area contributed by atoms with Gasteiger partial charge in [-0.05, 0) is 82.6 Å². The summed E-state index contributed by atoms with van der Waals surface area (Å²) in [6.45, 7) is 19.2. The molecule has 1 saturated heterocycles. The minimum Gasteiger partial charge on any atom is -0.664 e. The summed E-state index contributed by atoms with van der Waals surface area (Å²) in [7, 11) is 1.27. The average molecular weight is 839 g/mol. The van der Waals surface area contributed by atoms with Gasteiger partial charge in [0.05, 0.1) is 7.11 Å². The van der Waals surface area contributed by atoms with Crippen molar-refractivity contribution in [2.24, 2.45) is 29.6 Å². The predicted molar refractivity (Wildman–Crippen MR) is 241 cm³/mol. The van der Waals surface area contributed by atoms with E-state index in [9.17, 15) is 19.2 Å². The number of aromatic nitrogens is 3. The standard InChI is InChI=1S/C50H63N4O6.Mg/c1-11-33-30(7)37-23-38-31(8)35(19-20-43(56)60-22-21-29(6)18-14-17-28(5)16-13-15-27(3)4)47(53-38)45-46(50(58)59-10)49(57)44-32(9)39(54-48(44)45)24-41-34(12-2)36(26-55)42(52-41)25-40(33)51-37;/h21,23-28,31,35,46H,11-20,22H2,1-10H3,(H-,53,54,55,57);/q-3;+2/p-1/b29-21+,38-23-,42-25-;/t28-,31-,35-,46+;/m0./s1. The van der Waals surface area contributed by atoms with Gasteiger partial charge in [-0.3, -0.25) is 19.2 Å². The van der Waals surface area contributed by atoms with Crippen molar-refractivity contribution in [2.75, 3.05) is 13.7 Å². The number of rotatable bonds is 17. The number of fused-ring (bicyclic) bond motifs is 7. The van der Waals surface area contributed by atoms with Crippen LogP contribution in [-0.2, 0) is 31.9 Å². The van der Waals surface area contributed by atoms with Crippen molar-refractivity contribution in [2.45, 2.75) is 127 Å². The molecule has 1 fully saturated rings. The molecular formula is C50H62MgN4O6-2. The van der Waals surface area contributed by atoms with Crippen LogP contribution in [0.15, 0.2) is 23.0 Å². The molecule has 3 aromatic rings. The molecule has 322 valence electrons. The normalized spacial score (nSPS) is 21.8. The quantitative estimate of drug-likeness (QED) is 0.0435. The van der Waals surface area contributed by atoms with Crippen LogP contribution in [0.3, 0.4) is 0 Å². The van der Waals surface area contributed by atoms with Crippen LogP contribution in [0.1, 0.15) is 166 Å². The van der Waals surface area contributed by atoms with Crippen LogP contribution in [0, 0.1) is 43.4 Å². The zero-order valence-electron chi connectivity index (χ0n) is 38.0. The van der Waals surface area contributed by atoms with E-state index in [1.54, 1.807) is 0 Å². The molecular weight excluding hydrogens is 777 g/mol. The molecule has 0 spiro atoms. The number of hydrogen-bond donors (Lipinski definition) is 0. The van der Waals surface area contributed by atoms with Gasteiger partial charge in [0.1, 0.15) is 18.8 Å². The zero-order chi connectivity index (χ0) is 43.4. The third-order valence-electron chi connectivity index (χ3n) is 12.9. The van der Waals surface area contributed by atoms with Gasteiger partial charge < -0.3 is 29.7 Å². The van der Waals surface area contributed by atoms with Crippen molar-refractivity contribution in [3.8, 4) is 0 Å². The number of allylic oxidation sites excluding steroid dienone is 3. The molecule has 1 aliphatic carbocycles. The Bertz CT molecular complexity index is 2370. The van der Waals surface area contributed by atoms with Crippen molar-refractivity contribution in [1.29, 1.82) is 0 Å². The number of aldehydes is 1. The summed E-state index contributed by atoms with van der Waals surface area (Å²) in [4.78, 5) is 68.8. The molecule has 0 aromatic carbocycles. The fourth-order valence-electron chi connectivity index (χ4n) is 9.29. The van der Waals surface area contributed by atoms with Gasteiger partial charge in [0.15, 0.2) is 5.78 Å². The van der Waals surface area contributed by atoms with Gasteiger partial charge in [-0.15, -0.1) is 33.5 Å². The summed E-state index contributed by atoms with van der Waals surface area (Å²) in [5, 5.41) is 6.34. The van der Waals surface area contributed by atoms with Gasteiger partial charge in [0, 0.05) is 17.5 Å². The molecule has 4 atom stereocenters. The van der Waals surface area contributed by atoms with Gasteiger partial charge in [-0.25, -0.2) is 0 Å². The molecule has 3 aromatic heterocycles. The molecule has 0 saturated carbocycles. The average Bonchev–Trinajstić information content (AvgIpc) is 3.96. The fourth-order valence-corrected chi connectivity index (χ4v) is 9.29. The minimum absolute atomic E-state index is 0. The number of carbonyl (C=O) groups excluding carboxylic acids is 4. The van der Waals surface area contributed by atoms with Crippen LogP contribution in [0.25, 0.3) is 29.1 Å². The Morgan fingerprint density at radius 3 is 2.23 bits per heavy atom. The first kappa shape index (κ1) is 47.7. The second-order valence-corrected chi connectivity index (χ2v) is 17.5. The van der Waals surface area contributed by atoms with E-state index in [2.05, 4.69) is 41.5 Å². The topological polar surface area (TPSA) is 143 Å². The van der Waals surface area contributed by atoms with Crippen molar-refractivity contribution in [3.05, 3.63) is 95.2 Å². The van der Waals surface area contributed by atoms with Crippen molar-refractivity contribution in [1.82, 2.24) is 15.0 Å². The Kier molecular flexibility index (Phi) is 16.2. The van der Waals surface area contributed by atoms with Crippen molar-refractivity contribution in [3.63, 3.8) is 0 Å². The molecule has 0 amide bonds. The number of Topliss-reactive ketones (excluding diaryl/α,β-unsaturated/α-hetero) is 1. The molecule has 8 bridgehead atoms. The van der Waals surface area contributed by atoms with E-state index < -0.39 is 17.7 Å². The molecule has 2 aliphatic heterocycles. The number of ketones is 1. The fraction of sp³-hybridized carbons (Fsp3) is 0.520. The molecule has 5 heterocycles. The zero-order valence-corrected chi connectivity index (χ0v) is 39.4. The largest absolute Gasteiger partial charge is 2.00 e.